The molecule has 0 amide bonds. The van der Waals surface area contributed by atoms with E-state index in [-0.39, 0.29) is 28.9 Å². The summed E-state index contributed by atoms with van der Waals surface area (Å²) < 4.78 is 23.9. The van der Waals surface area contributed by atoms with Crippen LogP contribution in [0.5, 0.6) is 46.0 Å². The van der Waals surface area contributed by atoms with Gasteiger partial charge in [-0.2, -0.15) is 0 Å². The van der Waals surface area contributed by atoms with Crippen molar-refractivity contribution in [3.8, 4) is 46.0 Å². The van der Waals surface area contributed by atoms with E-state index in [0.29, 0.717) is 50.8 Å². The predicted octanol–water partition coefficient (Wildman–Crippen LogP) is 12.2. The van der Waals surface area contributed by atoms with Crippen molar-refractivity contribution in [2.24, 2.45) is 0 Å². The fraction of sp³-hybridized carbons (Fsp3) is 0.158. The number of benzene rings is 8. The number of phenols is 4. The van der Waals surface area contributed by atoms with Crippen LogP contribution in [-0.2, 0) is 0 Å². The Morgan fingerprint density at radius 2 is 0.615 bits per heavy atom. The Morgan fingerprint density at radius 3 is 0.985 bits per heavy atom. The number of hydrogen-bond donors (Lipinski definition) is 4. The fourth-order valence-electron chi connectivity index (χ4n) is 9.20. The number of ether oxygens (including phenoxy) is 4. The molecule has 0 fully saturated rings. The van der Waals surface area contributed by atoms with Crippen LogP contribution in [0.1, 0.15) is 91.8 Å². The summed E-state index contributed by atoms with van der Waals surface area (Å²) in [6.45, 7) is 2.12. The highest BCUT2D eigenvalue weighted by Gasteiger charge is 2.33. The van der Waals surface area contributed by atoms with Gasteiger partial charge in [-0.25, -0.2) is 0 Å². The Bertz CT molecular complexity index is 2880. The summed E-state index contributed by atoms with van der Waals surface area (Å²) in [5, 5.41) is 46.8. The van der Waals surface area contributed by atoms with Gasteiger partial charge in [0, 0.05) is 86.9 Å². The second-order valence-corrected chi connectivity index (χ2v) is 16.0. The lowest BCUT2D eigenvalue weighted by molar-refractivity contribution is 0.395. The van der Waals surface area contributed by atoms with Gasteiger partial charge in [0.25, 0.3) is 0 Å². The van der Waals surface area contributed by atoms with E-state index in [1.165, 1.54) is 0 Å². The monoisotopic (exact) mass is 864 g/mol. The summed E-state index contributed by atoms with van der Waals surface area (Å²) >= 11 is 0. The Hall–Kier alpha value is -7.84. The summed E-state index contributed by atoms with van der Waals surface area (Å²) in [5.74, 6) is -0.0217. The summed E-state index contributed by atoms with van der Waals surface area (Å²) in [6.07, 6.45) is 0. The standard InChI is InChI=1S/C57H52O8/c1-35(36-18-10-6-11-19-36)42-29-43(48(59)32-52(42)63-3)56(38-22-14-8-15-23-38)47-31-45(50(61)34-54(47)65-5)57(39-24-16-9-17-25-39)46-30-44(49(60)33-53(46)64-4)55(37-20-12-7-13-21-37)41-27-26-40(58)28-51(41)62-2/h6-35,55-61H,1-5H3. The molecule has 0 aliphatic rings. The van der Waals surface area contributed by atoms with E-state index in [9.17, 15) is 20.4 Å². The van der Waals surface area contributed by atoms with Gasteiger partial charge in [0.1, 0.15) is 46.0 Å². The Morgan fingerprint density at radius 1 is 0.308 bits per heavy atom. The van der Waals surface area contributed by atoms with Crippen molar-refractivity contribution in [1.82, 2.24) is 0 Å². The average molecular weight is 865 g/mol. The molecule has 4 N–H and O–H groups in total. The van der Waals surface area contributed by atoms with Gasteiger partial charge in [0.15, 0.2) is 0 Å². The lowest BCUT2D eigenvalue weighted by Crippen LogP contribution is -2.12. The van der Waals surface area contributed by atoms with Crippen molar-refractivity contribution in [1.29, 1.82) is 0 Å². The number of methoxy groups -OCH3 is 4. The third-order valence-electron chi connectivity index (χ3n) is 12.4. The first-order valence-electron chi connectivity index (χ1n) is 21.4. The van der Waals surface area contributed by atoms with Gasteiger partial charge in [0.2, 0.25) is 0 Å². The van der Waals surface area contributed by atoms with Crippen LogP contribution >= 0.6 is 0 Å². The van der Waals surface area contributed by atoms with Crippen LogP contribution in [0.4, 0.5) is 0 Å². The Labute approximate surface area is 380 Å². The van der Waals surface area contributed by atoms with Crippen LogP contribution in [0.25, 0.3) is 0 Å². The molecule has 0 saturated carbocycles. The van der Waals surface area contributed by atoms with E-state index >= 15 is 0 Å². The lowest BCUT2D eigenvalue weighted by atomic mass is 9.77. The van der Waals surface area contributed by atoms with Crippen molar-refractivity contribution in [2.75, 3.05) is 28.4 Å². The molecule has 4 unspecified atom stereocenters. The zero-order valence-electron chi connectivity index (χ0n) is 37.0. The summed E-state index contributed by atoms with van der Waals surface area (Å²) in [6, 6.07) is 55.5. The largest absolute Gasteiger partial charge is 0.508 e. The molecule has 65 heavy (non-hydrogen) atoms. The molecule has 0 bridgehead atoms. The number of hydrogen-bond acceptors (Lipinski definition) is 8. The van der Waals surface area contributed by atoms with Gasteiger partial charge in [-0.1, -0.05) is 134 Å². The zero-order valence-corrected chi connectivity index (χ0v) is 37.0. The molecule has 4 atom stereocenters. The molecular formula is C57H52O8. The molecule has 0 heterocycles. The summed E-state index contributed by atoms with van der Waals surface area (Å²) in [4.78, 5) is 0. The molecule has 0 aliphatic carbocycles. The normalized spacial score (nSPS) is 13.0. The van der Waals surface area contributed by atoms with Crippen LogP contribution in [0, 0.1) is 0 Å². The van der Waals surface area contributed by atoms with Gasteiger partial charge in [-0.05, 0) is 46.5 Å². The van der Waals surface area contributed by atoms with Gasteiger partial charge in [-0.15, -0.1) is 0 Å². The van der Waals surface area contributed by atoms with Crippen LogP contribution in [0.2, 0.25) is 0 Å². The Kier molecular flexibility index (Phi) is 13.0. The van der Waals surface area contributed by atoms with Crippen molar-refractivity contribution in [2.45, 2.75) is 30.6 Å². The van der Waals surface area contributed by atoms with Crippen LogP contribution in [0.3, 0.4) is 0 Å². The first kappa shape index (κ1) is 43.8. The van der Waals surface area contributed by atoms with Gasteiger partial charge < -0.3 is 39.4 Å². The lowest BCUT2D eigenvalue weighted by Gasteiger charge is -2.29. The van der Waals surface area contributed by atoms with E-state index in [2.05, 4.69) is 19.1 Å². The van der Waals surface area contributed by atoms with Gasteiger partial charge in [0.05, 0.1) is 28.4 Å². The first-order valence-corrected chi connectivity index (χ1v) is 21.4. The van der Waals surface area contributed by atoms with E-state index in [4.69, 9.17) is 18.9 Å². The number of phenolic OH excluding ortho intramolecular Hbond substituents is 4. The highest BCUT2D eigenvalue weighted by Crippen LogP contribution is 2.51. The number of rotatable bonds is 15. The molecule has 8 heteroatoms. The van der Waals surface area contributed by atoms with Crippen LogP contribution in [0.15, 0.2) is 176 Å². The molecule has 0 aromatic heterocycles. The maximum Gasteiger partial charge on any atom is 0.126 e. The molecule has 8 nitrogen and oxygen atoms in total. The smallest absolute Gasteiger partial charge is 0.126 e. The molecule has 0 radical (unpaired) electrons. The molecule has 8 rings (SSSR count). The SMILES string of the molecule is COc1cc(O)c(C(c2ccccc2)c2cc(C(c3ccccc3)c3cc(C(c4ccccc4)c4ccc(O)cc4OC)c(O)cc3OC)c(O)cc2OC)cc1C(C)c1ccccc1. The molecule has 0 aliphatic heterocycles. The maximum atomic E-state index is 12.3. The van der Waals surface area contributed by atoms with Crippen molar-refractivity contribution >= 4 is 0 Å². The second kappa shape index (κ2) is 19.3. The highest BCUT2D eigenvalue weighted by molar-refractivity contribution is 5.65. The summed E-state index contributed by atoms with van der Waals surface area (Å²) in [5.41, 5.74) is 8.38. The van der Waals surface area contributed by atoms with E-state index in [1.54, 1.807) is 64.8 Å². The quantitative estimate of drug-likeness (QED) is 0.0753. The molecular weight excluding hydrogens is 813 g/mol. The predicted molar refractivity (Wildman–Crippen MR) is 255 cm³/mol. The van der Waals surface area contributed by atoms with Crippen LogP contribution < -0.4 is 18.9 Å². The van der Waals surface area contributed by atoms with E-state index in [1.807, 2.05) is 127 Å². The number of aromatic hydroxyl groups is 4. The maximum absolute atomic E-state index is 12.3. The molecule has 0 spiro atoms. The van der Waals surface area contributed by atoms with E-state index < -0.39 is 17.8 Å². The topological polar surface area (TPSA) is 118 Å². The van der Waals surface area contributed by atoms with Crippen molar-refractivity contribution < 1.29 is 39.4 Å². The Balaban J connectivity index is 1.39. The van der Waals surface area contributed by atoms with Crippen molar-refractivity contribution in [3.63, 3.8) is 0 Å². The fourth-order valence-corrected chi connectivity index (χ4v) is 9.20. The third-order valence-corrected chi connectivity index (χ3v) is 12.4. The average Bonchev–Trinajstić information content (AvgIpc) is 3.34. The molecule has 8 aromatic rings. The minimum Gasteiger partial charge on any atom is -0.508 e. The highest BCUT2D eigenvalue weighted by atomic mass is 16.5. The molecule has 8 aromatic carbocycles. The zero-order chi connectivity index (χ0) is 45.6. The van der Waals surface area contributed by atoms with Gasteiger partial charge >= 0.3 is 0 Å². The van der Waals surface area contributed by atoms with Crippen molar-refractivity contribution in [3.05, 3.63) is 237 Å². The van der Waals surface area contributed by atoms with Gasteiger partial charge in [-0.3, -0.25) is 0 Å². The summed E-state index contributed by atoms with van der Waals surface area (Å²) in [7, 11) is 6.29. The third kappa shape index (κ3) is 8.76. The minimum atomic E-state index is -0.664. The van der Waals surface area contributed by atoms with E-state index in [0.717, 1.165) is 33.4 Å². The molecule has 0 saturated heterocycles. The van der Waals surface area contributed by atoms with Crippen LogP contribution in [-0.4, -0.2) is 48.9 Å². The minimum absolute atomic E-state index is 0.0132. The second-order valence-electron chi connectivity index (χ2n) is 16.0. The molecule has 328 valence electrons. The first-order chi connectivity index (χ1) is 31.6.